The van der Waals surface area contributed by atoms with E-state index in [2.05, 4.69) is 0 Å². The van der Waals surface area contributed by atoms with E-state index >= 15 is 0 Å². The quantitative estimate of drug-likeness (QED) is 0.655. The standard InChI is InChI=1S/C26H32N2O5/c1-19(2)16-22(23(29)30)27-14-15-28(25(32)33-18-21-12-8-5-9-13-21)26(3,24(27)31)17-20-10-6-4-7-11-20/h4-13,19,22H,14-18H2,1-3H3,(H,29,30)/t22-,26+/m0/s1. The van der Waals surface area contributed by atoms with Gasteiger partial charge in [0, 0.05) is 19.5 Å². The summed E-state index contributed by atoms with van der Waals surface area (Å²) in [6.07, 6.45) is 0.0273. The van der Waals surface area contributed by atoms with Crippen LogP contribution in [0.5, 0.6) is 0 Å². The van der Waals surface area contributed by atoms with Crippen molar-refractivity contribution >= 4 is 18.0 Å². The number of carbonyl (C=O) groups excluding carboxylic acids is 2. The van der Waals surface area contributed by atoms with Gasteiger partial charge in [-0.2, -0.15) is 0 Å². The molecule has 3 rings (SSSR count). The van der Waals surface area contributed by atoms with Crippen LogP contribution in [0.25, 0.3) is 0 Å². The summed E-state index contributed by atoms with van der Waals surface area (Å²) in [5.41, 5.74) is 0.466. The second kappa shape index (κ2) is 10.5. The summed E-state index contributed by atoms with van der Waals surface area (Å²) in [5.74, 6) is -1.30. The van der Waals surface area contributed by atoms with Crippen molar-refractivity contribution in [3.05, 3.63) is 71.8 Å². The number of ether oxygens (including phenoxy) is 1. The Labute approximate surface area is 195 Å². The third-order valence-electron chi connectivity index (χ3n) is 6.05. The predicted molar refractivity (Wildman–Crippen MR) is 124 cm³/mol. The molecule has 2 amide bonds. The zero-order valence-electron chi connectivity index (χ0n) is 19.4. The second-order valence-electron chi connectivity index (χ2n) is 9.11. The molecule has 1 aliphatic heterocycles. The Morgan fingerprint density at radius 3 is 2.12 bits per heavy atom. The minimum Gasteiger partial charge on any atom is -0.480 e. The third-order valence-corrected chi connectivity index (χ3v) is 6.05. The first-order valence-electron chi connectivity index (χ1n) is 11.3. The molecule has 1 saturated heterocycles. The molecular formula is C26H32N2O5. The van der Waals surface area contributed by atoms with Crippen molar-refractivity contribution < 1.29 is 24.2 Å². The molecule has 0 bridgehead atoms. The molecule has 1 heterocycles. The van der Waals surface area contributed by atoms with Crippen LogP contribution < -0.4 is 0 Å². The summed E-state index contributed by atoms with van der Waals surface area (Å²) in [4.78, 5) is 41.8. The minimum atomic E-state index is -1.27. The van der Waals surface area contributed by atoms with Crippen LogP contribution in [0.3, 0.4) is 0 Å². The van der Waals surface area contributed by atoms with Crippen LogP contribution in [0.1, 0.15) is 38.3 Å². The molecule has 1 fully saturated rings. The zero-order valence-corrected chi connectivity index (χ0v) is 19.4. The van der Waals surface area contributed by atoms with Crippen LogP contribution >= 0.6 is 0 Å². The number of rotatable bonds is 8. The maximum atomic E-state index is 13.8. The smallest absolute Gasteiger partial charge is 0.411 e. The van der Waals surface area contributed by atoms with Crippen molar-refractivity contribution in [2.24, 2.45) is 5.92 Å². The van der Waals surface area contributed by atoms with E-state index in [1.165, 1.54) is 9.80 Å². The van der Waals surface area contributed by atoms with E-state index in [1.54, 1.807) is 6.92 Å². The zero-order chi connectivity index (χ0) is 24.0. The highest BCUT2D eigenvalue weighted by Crippen LogP contribution is 2.30. The van der Waals surface area contributed by atoms with Crippen LogP contribution in [-0.2, 0) is 27.4 Å². The Bertz CT molecular complexity index is 963. The maximum Gasteiger partial charge on any atom is 0.411 e. The van der Waals surface area contributed by atoms with Gasteiger partial charge in [0.2, 0.25) is 5.91 Å². The van der Waals surface area contributed by atoms with E-state index in [1.807, 2.05) is 74.5 Å². The lowest BCUT2D eigenvalue weighted by molar-refractivity contribution is -0.161. The molecule has 1 N–H and O–H groups in total. The number of carbonyl (C=O) groups is 3. The van der Waals surface area contributed by atoms with E-state index in [9.17, 15) is 19.5 Å². The van der Waals surface area contributed by atoms with Gasteiger partial charge < -0.3 is 14.7 Å². The molecule has 0 aliphatic carbocycles. The normalized spacial score (nSPS) is 19.5. The van der Waals surface area contributed by atoms with Gasteiger partial charge in [-0.3, -0.25) is 9.69 Å². The molecule has 2 aromatic rings. The number of piperazine rings is 1. The van der Waals surface area contributed by atoms with E-state index in [0.717, 1.165) is 11.1 Å². The van der Waals surface area contributed by atoms with Crippen molar-refractivity contribution in [1.82, 2.24) is 9.80 Å². The summed E-state index contributed by atoms with van der Waals surface area (Å²) >= 11 is 0. The van der Waals surface area contributed by atoms with Crippen molar-refractivity contribution in [3.8, 4) is 0 Å². The Morgan fingerprint density at radius 2 is 1.58 bits per heavy atom. The minimum absolute atomic E-state index is 0.0978. The average Bonchev–Trinajstić information content (AvgIpc) is 2.79. The summed E-state index contributed by atoms with van der Waals surface area (Å²) < 4.78 is 5.56. The van der Waals surface area contributed by atoms with Crippen molar-refractivity contribution in [3.63, 3.8) is 0 Å². The number of carboxylic acid groups (broad SMARTS) is 1. The van der Waals surface area contributed by atoms with Crippen LogP contribution in [0, 0.1) is 5.92 Å². The number of nitrogens with zero attached hydrogens (tertiary/aromatic N) is 2. The predicted octanol–water partition coefficient (Wildman–Crippen LogP) is 3.97. The molecule has 2 atom stereocenters. The Balaban J connectivity index is 1.88. The number of amides is 2. The molecule has 0 spiro atoms. The van der Waals surface area contributed by atoms with Crippen LogP contribution in [0.2, 0.25) is 0 Å². The molecule has 0 radical (unpaired) electrons. The molecule has 0 aromatic heterocycles. The number of hydrogen-bond donors (Lipinski definition) is 1. The fraction of sp³-hybridized carbons (Fsp3) is 0.423. The highest BCUT2D eigenvalue weighted by molar-refractivity contribution is 5.93. The molecule has 0 unspecified atom stereocenters. The molecular weight excluding hydrogens is 420 g/mol. The van der Waals surface area contributed by atoms with E-state index < -0.39 is 23.6 Å². The fourth-order valence-electron chi connectivity index (χ4n) is 4.34. The van der Waals surface area contributed by atoms with E-state index in [-0.39, 0.29) is 37.9 Å². The average molecular weight is 453 g/mol. The molecule has 7 nitrogen and oxygen atoms in total. The largest absolute Gasteiger partial charge is 0.480 e. The third kappa shape index (κ3) is 5.72. The molecule has 1 aliphatic rings. The van der Waals surface area contributed by atoms with E-state index in [0.29, 0.717) is 6.42 Å². The maximum absolute atomic E-state index is 13.8. The summed E-state index contributed by atoms with van der Waals surface area (Å²) in [5, 5.41) is 9.84. The molecule has 7 heteroatoms. The number of aliphatic carboxylic acids is 1. The van der Waals surface area contributed by atoms with Gasteiger partial charge in [0.15, 0.2) is 0 Å². The van der Waals surface area contributed by atoms with Gasteiger partial charge in [-0.25, -0.2) is 9.59 Å². The first-order chi connectivity index (χ1) is 15.7. The van der Waals surface area contributed by atoms with Gasteiger partial charge >= 0.3 is 12.1 Å². The Kier molecular flexibility index (Phi) is 7.74. The van der Waals surface area contributed by atoms with Gasteiger partial charge in [0.25, 0.3) is 0 Å². The van der Waals surface area contributed by atoms with Crippen molar-refractivity contribution in [2.45, 2.75) is 51.8 Å². The summed E-state index contributed by atoms with van der Waals surface area (Å²) in [6.45, 7) is 6.01. The molecule has 176 valence electrons. The first kappa shape index (κ1) is 24.3. The lowest BCUT2D eigenvalue weighted by Crippen LogP contribution is -2.69. The summed E-state index contributed by atoms with van der Waals surface area (Å²) in [7, 11) is 0. The van der Waals surface area contributed by atoms with Crippen molar-refractivity contribution in [1.29, 1.82) is 0 Å². The number of carboxylic acids is 1. The highest BCUT2D eigenvalue weighted by atomic mass is 16.6. The summed E-state index contributed by atoms with van der Waals surface area (Å²) in [6, 6.07) is 17.8. The Hall–Kier alpha value is -3.35. The number of hydrogen-bond acceptors (Lipinski definition) is 4. The Morgan fingerprint density at radius 1 is 1.00 bits per heavy atom. The lowest BCUT2D eigenvalue weighted by Gasteiger charge is -2.48. The van der Waals surface area contributed by atoms with Gasteiger partial charge in [-0.1, -0.05) is 74.5 Å². The monoisotopic (exact) mass is 452 g/mol. The second-order valence-corrected chi connectivity index (χ2v) is 9.11. The lowest BCUT2D eigenvalue weighted by atomic mass is 9.86. The van der Waals surface area contributed by atoms with Crippen LogP contribution in [0.4, 0.5) is 4.79 Å². The van der Waals surface area contributed by atoms with Crippen molar-refractivity contribution in [2.75, 3.05) is 13.1 Å². The van der Waals surface area contributed by atoms with Crippen LogP contribution in [0.15, 0.2) is 60.7 Å². The van der Waals surface area contributed by atoms with Gasteiger partial charge in [-0.15, -0.1) is 0 Å². The topological polar surface area (TPSA) is 87.2 Å². The first-order valence-corrected chi connectivity index (χ1v) is 11.3. The molecule has 0 saturated carbocycles. The van der Waals surface area contributed by atoms with Gasteiger partial charge in [0.1, 0.15) is 18.2 Å². The molecule has 33 heavy (non-hydrogen) atoms. The highest BCUT2D eigenvalue weighted by Gasteiger charge is 2.51. The SMILES string of the molecule is CC(C)C[C@@H](C(=O)O)N1CCN(C(=O)OCc2ccccc2)[C@](C)(Cc2ccccc2)C1=O. The van der Waals surface area contributed by atoms with Gasteiger partial charge in [-0.05, 0) is 30.4 Å². The van der Waals surface area contributed by atoms with Crippen LogP contribution in [-0.4, -0.2) is 57.5 Å². The van der Waals surface area contributed by atoms with E-state index in [4.69, 9.17) is 4.74 Å². The fourth-order valence-corrected chi connectivity index (χ4v) is 4.34. The molecule has 2 aromatic carbocycles. The van der Waals surface area contributed by atoms with Gasteiger partial charge in [0.05, 0.1) is 0 Å². The number of benzene rings is 2.